The maximum Gasteiger partial charge on any atom is 0.0929 e. The second-order valence-corrected chi connectivity index (χ2v) is 7.77. The fraction of sp³-hybridized carbons (Fsp3) is 0.143. The van der Waals surface area contributed by atoms with Crippen molar-refractivity contribution in [2.45, 2.75) is 26.9 Å². The molecule has 0 N–H and O–H groups in total. The molecule has 0 radical (unpaired) electrons. The monoisotopic (exact) mass is 418 g/mol. The van der Waals surface area contributed by atoms with Crippen LogP contribution in [0.2, 0.25) is 0 Å². The molecule has 0 saturated carbocycles. The zero-order valence-electron chi connectivity index (χ0n) is 18.4. The average molecular weight is 419 g/mol. The van der Waals surface area contributed by atoms with Gasteiger partial charge in [0, 0.05) is 24.2 Å². The van der Waals surface area contributed by atoms with E-state index in [1.54, 1.807) is 0 Å². The van der Waals surface area contributed by atoms with Gasteiger partial charge < -0.3 is 0 Å². The number of nitrogens with zero attached hydrogens (tertiary/aromatic N) is 4. The van der Waals surface area contributed by atoms with E-state index in [1.165, 1.54) is 11.1 Å². The fourth-order valence-corrected chi connectivity index (χ4v) is 4.09. The molecule has 0 unspecified atom stereocenters. The molecular formula is C28H26N4. The van der Waals surface area contributed by atoms with Crippen molar-refractivity contribution in [3.63, 3.8) is 0 Å². The molecule has 0 aliphatic carbocycles. The van der Waals surface area contributed by atoms with Gasteiger partial charge in [0.15, 0.2) is 0 Å². The first-order chi connectivity index (χ1) is 15.8. The number of benzene rings is 3. The molecular weight excluding hydrogens is 392 g/mol. The lowest BCUT2D eigenvalue weighted by Crippen LogP contribution is -1.99. The molecule has 0 spiro atoms. The van der Waals surface area contributed by atoms with E-state index in [1.807, 2.05) is 12.1 Å². The van der Waals surface area contributed by atoms with Crippen LogP contribution in [0, 0.1) is 0 Å². The second-order valence-electron chi connectivity index (χ2n) is 7.77. The van der Waals surface area contributed by atoms with Crippen LogP contribution < -0.4 is 0 Å². The summed E-state index contributed by atoms with van der Waals surface area (Å²) in [6.45, 7) is 5.92. The van der Waals surface area contributed by atoms with Crippen molar-refractivity contribution in [3.8, 4) is 45.0 Å². The number of aryl methyl sites for hydroxylation is 2. The highest BCUT2D eigenvalue weighted by Crippen LogP contribution is 2.30. The minimum atomic E-state index is 0.832. The first kappa shape index (κ1) is 20.0. The van der Waals surface area contributed by atoms with Crippen LogP contribution in [0.1, 0.15) is 13.8 Å². The summed E-state index contributed by atoms with van der Waals surface area (Å²) in [5.74, 6) is 0. The van der Waals surface area contributed by atoms with Crippen LogP contribution in [0.15, 0.2) is 97.1 Å². The molecule has 0 aliphatic rings. The summed E-state index contributed by atoms with van der Waals surface area (Å²) >= 11 is 0. The molecule has 5 rings (SSSR count). The van der Waals surface area contributed by atoms with Gasteiger partial charge in [-0.2, -0.15) is 10.2 Å². The number of rotatable bonds is 6. The smallest absolute Gasteiger partial charge is 0.0929 e. The van der Waals surface area contributed by atoms with E-state index >= 15 is 0 Å². The highest BCUT2D eigenvalue weighted by Gasteiger charge is 2.13. The van der Waals surface area contributed by atoms with Crippen LogP contribution in [-0.4, -0.2) is 19.6 Å². The molecule has 3 aromatic carbocycles. The second kappa shape index (κ2) is 8.67. The molecule has 0 saturated heterocycles. The summed E-state index contributed by atoms with van der Waals surface area (Å²) < 4.78 is 4.13. The Morgan fingerprint density at radius 3 is 1.22 bits per heavy atom. The van der Waals surface area contributed by atoms with Gasteiger partial charge in [-0.3, -0.25) is 9.36 Å². The first-order valence-electron chi connectivity index (χ1n) is 11.1. The highest BCUT2D eigenvalue weighted by atomic mass is 15.3. The minimum absolute atomic E-state index is 0.832. The van der Waals surface area contributed by atoms with E-state index in [0.717, 1.165) is 47.0 Å². The Hall–Kier alpha value is -3.92. The normalized spacial score (nSPS) is 11.1. The summed E-state index contributed by atoms with van der Waals surface area (Å²) in [6.07, 6.45) is 0. The maximum atomic E-state index is 4.85. The minimum Gasteiger partial charge on any atom is -0.265 e. The standard InChI is InChI=1S/C28H26N4/c1-3-31-27(23-11-7-5-8-12-23)19-25(29-31)21-15-17-22(18-16-21)26-20-28(32(4-2)30-26)24-13-9-6-10-14-24/h5-20H,3-4H2,1-2H3. The molecule has 4 nitrogen and oxygen atoms in total. The third kappa shape index (κ3) is 3.76. The lowest BCUT2D eigenvalue weighted by molar-refractivity contribution is 0.669. The van der Waals surface area contributed by atoms with E-state index in [9.17, 15) is 0 Å². The van der Waals surface area contributed by atoms with Crippen molar-refractivity contribution in [2.24, 2.45) is 0 Å². The first-order valence-corrected chi connectivity index (χ1v) is 11.1. The van der Waals surface area contributed by atoms with Crippen LogP contribution in [-0.2, 0) is 13.1 Å². The molecule has 32 heavy (non-hydrogen) atoms. The van der Waals surface area contributed by atoms with E-state index in [2.05, 4.69) is 108 Å². The predicted molar refractivity (Wildman–Crippen MR) is 131 cm³/mol. The van der Waals surface area contributed by atoms with Gasteiger partial charge >= 0.3 is 0 Å². The van der Waals surface area contributed by atoms with Gasteiger partial charge in [0.2, 0.25) is 0 Å². The largest absolute Gasteiger partial charge is 0.265 e. The Labute approximate surface area is 188 Å². The molecule has 158 valence electrons. The van der Waals surface area contributed by atoms with Crippen LogP contribution >= 0.6 is 0 Å². The number of hydrogen-bond acceptors (Lipinski definition) is 2. The van der Waals surface area contributed by atoms with Gasteiger partial charge in [0.25, 0.3) is 0 Å². The molecule has 0 aliphatic heterocycles. The van der Waals surface area contributed by atoms with Crippen molar-refractivity contribution >= 4 is 0 Å². The summed E-state index contributed by atoms with van der Waals surface area (Å²) in [4.78, 5) is 0. The number of hydrogen-bond donors (Lipinski definition) is 0. The molecule has 0 amide bonds. The van der Waals surface area contributed by atoms with E-state index < -0.39 is 0 Å². The fourth-order valence-electron chi connectivity index (χ4n) is 4.09. The summed E-state index contributed by atoms with van der Waals surface area (Å²) in [5.41, 5.74) is 8.84. The average Bonchev–Trinajstić information content (AvgIpc) is 3.50. The van der Waals surface area contributed by atoms with E-state index in [4.69, 9.17) is 10.2 Å². The highest BCUT2D eigenvalue weighted by molar-refractivity contribution is 5.73. The van der Waals surface area contributed by atoms with Crippen molar-refractivity contribution in [1.29, 1.82) is 0 Å². The van der Waals surface area contributed by atoms with Crippen molar-refractivity contribution in [2.75, 3.05) is 0 Å². The SMILES string of the molecule is CCn1nc(-c2ccc(-c3cc(-c4ccccc4)n(CC)n3)cc2)cc1-c1ccccc1. The predicted octanol–water partition coefficient (Wildman–Crippen LogP) is 6.79. The Morgan fingerprint density at radius 1 is 0.500 bits per heavy atom. The van der Waals surface area contributed by atoms with Gasteiger partial charge in [-0.25, -0.2) is 0 Å². The Balaban J connectivity index is 1.47. The zero-order chi connectivity index (χ0) is 21.9. The van der Waals surface area contributed by atoms with Gasteiger partial charge in [-0.05, 0) is 37.1 Å². The van der Waals surface area contributed by atoms with E-state index in [0.29, 0.717) is 0 Å². The maximum absolute atomic E-state index is 4.85. The Morgan fingerprint density at radius 2 is 0.875 bits per heavy atom. The summed E-state index contributed by atoms with van der Waals surface area (Å²) in [6, 6.07) is 33.8. The zero-order valence-corrected chi connectivity index (χ0v) is 18.4. The van der Waals surface area contributed by atoms with Crippen molar-refractivity contribution in [1.82, 2.24) is 19.6 Å². The molecule has 2 aromatic heterocycles. The van der Waals surface area contributed by atoms with Gasteiger partial charge in [-0.1, -0.05) is 84.9 Å². The van der Waals surface area contributed by atoms with Crippen LogP contribution in [0.4, 0.5) is 0 Å². The molecule has 2 heterocycles. The van der Waals surface area contributed by atoms with Gasteiger partial charge in [0.05, 0.1) is 22.8 Å². The van der Waals surface area contributed by atoms with Gasteiger partial charge in [0.1, 0.15) is 0 Å². The molecule has 4 heteroatoms. The molecule has 5 aromatic rings. The summed E-state index contributed by atoms with van der Waals surface area (Å²) in [7, 11) is 0. The summed E-state index contributed by atoms with van der Waals surface area (Å²) in [5, 5.41) is 9.69. The number of aromatic nitrogens is 4. The van der Waals surface area contributed by atoms with Crippen LogP contribution in [0.25, 0.3) is 45.0 Å². The Bertz CT molecular complexity index is 1210. The molecule has 0 bridgehead atoms. The van der Waals surface area contributed by atoms with Crippen molar-refractivity contribution < 1.29 is 0 Å². The van der Waals surface area contributed by atoms with Crippen LogP contribution in [0.3, 0.4) is 0 Å². The third-order valence-electron chi connectivity index (χ3n) is 5.77. The Kier molecular flexibility index (Phi) is 5.42. The van der Waals surface area contributed by atoms with E-state index in [-0.39, 0.29) is 0 Å². The molecule has 0 fully saturated rings. The lowest BCUT2D eigenvalue weighted by Gasteiger charge is -2.03. The van der Waals surface area contributed by atoms with Crippen molar-refractivity contribution in [3.05, 3.63) is 97.1 Å². The quantitative estimate of drug-likeness (QED) is 0.304. The van der Waals surface area contributed by atoms with Crippen LogP contribution in [0.5, 0.6) is 0 Å². The van der Waals surface area contributed by atoms with Gasteiger partial charge in [-0.15, -0.1) is 0 Å². The molecule has 0 atom stereocenters. The lowest BCUT2D eigenvalue weighted by atomic mass is 10.0. The topological polar surface area (TPSA) is 35.6 Å². The third-order valence-corrected chi connectivity index (χ3v) is 5.77.